The molecule has 0 radical (unpaired) electrons. The van der Waals surface area contributed by atoms with Gasteiger partial charge in [0.15, 0.2) is 11.5 Å². The number of amides is 1. The summed E-state index contributed by atoms with van der Waals surface area (Å²) < 4.78 is 11.5. The minimum absolute atomic E-state index is 0.0165. The van der Waals surface area contributed by atoms with Crippen LogP contribution in [-0.2, 0) is 4.79 Å². The molecule has 0 bridgehead atoms. The zero-order valence-electron chi connectivity index (χ0n) is 11.6. The van der Waals surface area contributed by atoms with Crippen LogP contribution in [-0.4, -0.2) is 18.9 Å². The van der Waals surface area contributed by atoms with E-state index in [4.69, 9.17) is 9.47 Å². The Kier molecular flexibility index (Phi) is 4.43. The topological polar surface area (TPSA) is 59.9 Å². The third kappa shape index (κ3) is 3.37. The van der Waals surface area contributed by atoms with Gasteiger partial charge >= 0.3 is 0 Å². The van der Waals surface area contributed by atoms with Crippen molar-refractivity contribution in [3.05, 3.63) is 22.2 Å². The monoisotopic (exact) mass is 352 g/mol. The van der Waals surface area contributed by atoms with E-state index in [1.54, 1.807) is 6.21 Å². The van der Waals surface area contributed by atoms with E-state index in [0.29, 0.717) is 11.5 Å². The molecular formula is C15H17BrN2O3. The number of nitrogens with one attached hydrogen (secondary N) is 1. The third-order valence-electron chi connectivity index (χ3n) is 3.85. The van der Waals surface area contributed by atoms with Crippen LogP contribution in [0.3, 0.4) is 0 Å². The number of fused-ring (bicyclic) bond motifs is 1. The summed E-state index contributed by atoms with van der Waals surface area (Å²) in [5.41, 5.74) is 3.47. The number of hydrogen-bond donors (Lipinski definition) is 1. The number of halogens is 1. The highest BCUT2D eigenvalue weighted by Gasteiger charge is 2.20. The van der Waals surface area contributed by atoms with Crippen molar-refractivity contribution in [1.29, 1.82) is 0 Å². The molecule has 1 aliphatic heterocycles. The lowest BCUT2D eigenvalue weighted by atomic mass is 9.89. The second-order valence-corrected chi connectivity index (χ2v) is 6.15. The smallest absolute Gasteiger partial charge is 0.243 e. The minimum Gasteiger partial charge on any atom is -0.454 e. The van der Waals surface area contributed by atoms with E-state index in [1.807, 2.05) is 12.1 Å². The second kappa shape index (κ2) is 6.47. The van der Waals surface area contributed by atoms with Gasteiger partial charge in [0.1, 0.15) is 0 Å². The van der Waals surface area contributed by atoms with Crippen molar-refractivity contribution in [3.8, 4) is 11.5 Å². The number of rotatable bonds is 3. The Morgan fingerprint density at radius 3 is 2.71 bits per heavy atom. The molecule has 1 aromatic rings. The Hall–Kier alpha value is -1.56. The van der Waals surface area contributed by atoms with Crippen LogP contribution in [0.5, 0.6) is 11.5 Å². The van der Waals surface area contributed by atoms with Crippen molar-refractivity contribution >= 4 is 28.1 Å². The quantitative estimate of drug-likeness (QED) is 0.671. The van der Waals surface area contributed by atoms with Gasteiger partial charge in [-0.2, -0.15) is 5.10 Å². The van der Waals surface area contributed by atoms with Gasteiger partial charge in [-0.15, -0.1) is 0 Å². The van der Waals surface area contributed by atoms with Crippen molar-refractivity contribution < 1.29 is 14.3 Å². The van der Waals surface area contributed by atoms with Crippen LogP contribution in [0.4, 0.5) is 0 Å². The first-order valence-corrected chi connectivity index (χ1v) is 7.95. The zero-order chi connectivity index (χ0) is 14.7. The highest BCUT2D eigenvalue weighted by molar-refractivity contribution is 9.10. The van der Waals surface area contributed by atoms with Gasteiger partial charge in [-0.3, -0.25) is 4.79 Å². The number of carbonyl (C=O) groups excluding carboxylic acids is 1. The maximum Gasteiger partial charge on any atom is 0.243 e. The fourth-order valence-electron chi connectivity index (χ4n) is 2.65. The molecule has 1 heterocycles. The molecule has 1 N–H and O–H groups in total. The van der Waals surface area contributed by atoms with E-state index in [2.05, 4.69) is 26.5 Å². The maximum atomic E-state index is 12.0. The molecule has 112 valence electrons. The Morgan fingerprint density at radius 1 is 1.24 bits per heavy atom. The highest BCUT2D eigenvalue weighted by atomic mass is 79.9. The highest BCUT2D eigenvalue weighted by Crippen LogP contribution is 2.36. The number of carbonyl (C=O) groups is 1. The van der Waals surface area contributed by atoms with Crippen LogP contribution in [0, 0.1) is 5.92 Å². The van der Waals surface area contributed by atoms with Crippen molar-refractivity contribution in [2.75, 3.05) is 6.79 Å². The van der Waals surface area contributed by atoms with Gasteiger partial charge in [-0.1, -0.05) is 19.3 Å². The van der Waals surface area contributed by atoms with E-state index in [1.165, 1.54) is 6.42 Å². The normalized spacial score (nSPS) is 18.1. The van der Waals surface area contributed by atoms with Crippen molar-refractivity contribution in [2.45, 2.75) is 32.1 Å². The predicted molar refractivity (Wildman–Crippen MR) is 82.6 cm³/mol. The number of ether oxygens (including phenoxy) is 2. The first kappa shape index (κ1) is 14.4. The lowest BCUT2D eigenvalue weighted by Crippen LogP contribution is -2.28. The average Bonchev–Trinajstić information content (AvgIpc) is 2.95. The largest absolute Gasteiger partial charge is 0.454 e. The summed E-state index contributed by atoms with van der Waals surface area (Å²) in [6.07, 6.45) is 7.05. The van der Waals surface area contributed by atoms with Crippen molar-refractivity contribution in [2.24, 2.45) is 11.0 Å². The molecule has 0 atom stereocenters. The SMILES string of the molecule is O=C(N/N=C\c1cc2c(cc1Br)OCO2)C1CCCCC1. The predicted octanol–water partition coefficient (Wildman–Crippen LogP) is 3.21. The van der Waals surface area contributed by atoms with Crippen LogP contribution in [0.1, 0.15) is 37.7 Å². The molecule has 1 aromatic carbocycles. The van der Waals surface area contributed by atoms with Gasteiger partial charge in [0.05, 0.1) is 6.21 Å². The Morgan fingerprint density at radius 2 is 1.95 bits per heavy atom. The van der Waals surface area contributed by atoms with E-state index in [0.717, 1.165) is 35.7 Å². The lowest BCUT2D eigenvalue weighted by Gasteiger charge is -2.19. The molecule has 1 saturated carbocycles. The van der Waals surface area contributed by atoms with Crippen molar-refractivity contribution in [1.82, 2.24) is 5.43 Å². The molecule has 6 heteroatoms. The Bertz CT molecular complexity index is 568. The summed E-state index contributed by atoms with van der Waals surface area (Å²) in [7, 11) is 0. The number of hydrogen-bond acceptors (Lipinski definition) is 4. The minimum atomic E-state index is 0.0165. The van der Waals surface area contributed by atoms with E-state index < -0.39 is 0 Å². The van der Waals surface area contributed by atoms with Gasteiger partial charge in [-0.05, 0) is 40.9 Å². The zero-order valence-corrected chi connectivity index (χ0v) is 13.2. The molecule has 2 aliphatic rings. The molecule has 3 rings (SSSR count). The molecule has 1 amide bonds. The number of benzene rings is 1. The first-order valence-electron chi connectivity index (χ1n) is 7.16. The van der Waals surface area contributed by atoms with Crippen LogP contribution < -0.4 is 14.9 Å². The Labute approximate surface area is 131 Å². The molecule has 0 aromatic heterocycles. The van der Waals surface area contributed by atoms with Crippen LogP contribution in [0.25, 0.3) is 0 Å². The van der Waals surface area contributed by atoms with Crippen LogP contribution in [0.15, 0.2) is 21.7 Å². The number of nitrogens with zero attached hydrogens (tertiary/aromatic N) is 1. The van der Waals surface area contributed by atoms with Gasteiger partial charge in [-0.25, -0.2) is 5.43 Å². The van der Waals surface area contributed by atoms with E-state index in [9.17, 15) is 4.79 Å². The summed E-state index contributed by atoms with van der Waals surface area (Å²) in [5, 5.41) is 4.05. The third-order valence-corrected chi connectivity index (χ3v) is 4.53. The van der Waals surface area contributed by atoms with E-state index in [-0.39, 0.29) is 18.6 Å². The summed E-state index contributed by atoms with van der Waals surface area (Å²) in [4.78, 5) is 12.0. The summed E-state index contributed by atoms with van der Waals surface area (Å²) >= 11 is 3.45. The number of hydrazone groups is 1. The molecule has 1 aliphatic carbocycles. The summed E-state index contributed by atoms with van der Waals surface area (Å²) in [6.45, 7) is 0.237. The van der Waals surface area contributed by atoms with Crippen LogP contribution in [0.2, 0.25) is 0 Å². The van der Waals surface area contributed by atoms with E-state index >= 15 is 0 Å². The van der Waals surface area contributed by atoms with Gasteiger partial charge < -0.3 is 9.47 Å². The maximum absolute atomic E-state index is 12.0. The lowest BCUT2D eigenvalue weighted by molar-refractivity contribution is -0.125. The van der Waals surface area contributed by atoms with Crippen LogP contribution >= 0.6 is 15.9 Å². The average molecular weight is 353 g/mol. The molecule has 21 heavy (non-hydrogen) atoms. The van der Waals surface area contributed by atoms with Gasteiger partial charge in [0, 0.05) is 16.0 Å². The molecule has 1 fully saturated rings. The summed E-state index contributed by atoms with van der Waals surface area (Å²) in [5.74, 6) is 1.53. The first-order chi connectivity index (χ1) is 10.2. The fourth-order valence-corrected chi connectivity index (χ4v) is 3.08. The molecule has 0 saturated heterocycles. The van der Waals surface area contributed by atoms with Gasteiger partial charge in [0.2, 0.25) is 12.7 Å². The molecule has 0 spiro atoms. The second-order valence-electron chi connectivity index (χ2n) is 5.30. The van der Waals surface area contributed by atoms with Crippen molar-refractivity contribution in [3.63, 3.8) is 0 Å². The fraction of sp³-hybridized carbons (Fsp3) is 0.467. The standard InChI is InChI=1S/C15H17BrN2O3/c16-12-7-14-13(20-9-21-14)6-11(12)8-17-18-15(19)10-4-2-1-3-5-10/h6-8,10H,1-5,9H2,(H,18,19)/b17-8-. The molecule has 0 unspecified atom stereocenters. The Balaban J connectivity index is 1.62. The molecule has 5 nitrogen and oxygen atoms in total. The van der Waals surface area contributed by atoms with Gasteiger partial charge in [0.25, 0.3) is 0 Å². The summed E-state index contributed by atoms with van der Waals surface area (Å²) in [6, 6.07) is 3.68. The molecular weight excluding hydrogens is 336 g/mol.